The second kappa shape index (κ2) is 5.69. The molecule has 1 amide bonds. The molecular weight excluding hydrogens is 232 g/mol. The fraction of sp³-hybridized carbons (Fsp3) is 0.300. The molecule has 0 saturated heterocycles. The molecule has 0 aromatic heterocycles. The lowest BCUT2D eigenvalue weighted by Crippen LogP contribution is -2.34. The predicted molar refractivity (Wildman–Crippen MR) is 61.3 cm³/mol. The third-order valence-corrected chi connectivity index (χ3v) is 2.34. The number of rotatable bonds is 4. The van der Waals surface area contributed by atoms with Crippen LogP contribution in [0.4, 0.5) is 5.69 Å². The molecule has 1 aromatic carbocycles. The van der Waals surface area contributed by atoms with E-state index in [0.29, 0.717) is 5.02 Å². The van der Waals surface area contributed by atoms with Gasteiger partial charge in [-0.2, -0.15) is 0 Å². The molecule has 5 nitrogen and oxygen atoms in total. The number of carbonyl (C=O) groups excluding carboxylic acids is 1. The number of nitrogens with two attached hydrogens (primary N) is 1. The fourth-order valence-corrected chi connectivity index (χ4v) is 1.28. The van der Waals surface area contributed by atoms with E-state index in [0.717, 1.165) is 0 Å². The van der Waals surface area contributed by atoms with Crippen molar-refractivity contribution < 1.29 is 15.0 Å². The molecule has 1 atom stereocenters. The average Bonchev–Trinajstić information content (AvgIpc) is 2.29. The number of carbonyl (C=O) groups is 1. The number of nitrogen functional groups attached to an aromatic ring is 1. The summed E-state index contributed by atoms with van der Waals surface area (Å²) >= 11 is 5.75. The number of hydrogen-bond acceptors (Lipinski definition) is 4. The minimum absolute atomic E-state index is 0.0404. The smallest absolute Gasteiger partial charge is 0.253 e. The first kappa shape index (κ1) is 12.8. The van der Waals surface area contributed by atoms with Gasteiger partial charge in [-0.1, -0.05) is 17.7 Å². The van der Waals surface area contributed by atoms with E-state index >= 15 is 0 Å². The summed E-state index contributed by atoms with van der Waals surface area (Å²) in [6.07, 6.45) is -0.982. The van der Waals surface area contributed by atoms with Gasteiger partial charge in [-0.25, -0.2) is 0 Å². The number of anilines is 1. The molecule has 16 heavy (non-hydrogen) atoms. The lowest BCUT2D eigenvalue weighted by molar-refractivity contribution is 0.0802. The second-order valence-corrected chi connectivity index (χ2v) is 3.65. The first-order valence-electron chi connectivity index (χ1n) is 4.67. The van der Waals surface area contributed by atoms with Crippen molar-refractivity contribution in [2.24, 2.45) is 0 Å². The molecule has 1 aromatic rings. The van der Waals surface area contributed by atoms with Gasteiger partial charge in [0.1, 0.15) is 0 Å². The predicted octanol–water partition coefficient (Wildman–Crippen LogP) is 0.00520. The molecule has 0 radical (unpaired) electrons. The molecule has 0 spiro atoms. The number of aliphatic hydroxyl groups is 2. The van der Waals surface area contributed by atoms with Crippen molar-refractivity contribution in [1.82, 2.24) is 5.32 Å². The van der Waals surface area contributed by atoms with Gasteiger partial charge in [0.2, 0.25) is 0 Å². The van der Waals surface area contributed by atoms with Crippen LogP contribution in [0.15, 0.2) is 18.2 Å². The van der Waals surface area contributed by atoms with Gasteiger partial charge in [-0.15, -0.1) is 0 Å². The minimum Gasteiger partial charge on any atom is -0.397 e. The van der Waals surface area contributed by atoms with Crippen LogP contribution in [-0.2, 0) is 0 Å². The van der Waals surface area contributed by atoms with Crippen molar-refractivity contribution in [2.45, 2.75) is 6.10 Å². The molecule has 6 heteroatoms. The Morgan fingerprint density at radius 2 is 2.25 bits per heavy atom. The normalized spacial score (nSPS) is 12.2. The number of para-hydroxylation sites is 1. The van der Waals surface area contributed by atoms with Crippen LogP contribution in [0, 0.1) is 0 Å². The highest BCUT2D eigenvalue weighted by molar-refractivity contribution is 6.33. The molecule has 0 fully saturated rings. The second-order valence-electron chi connectivity index (χ2n) is 3.25. The Morgan fingerprint density at radius 3 is 2.88 bits per heavy atom. The third kappa shape index (κ3) is 3.10. The van der Waals surface area contributed by atoms with Gasteiger partial charge in [-0.05, 0) is 12.1 Å². The van der Waals surface area contributed by atoms with Crippen molar-refractivity contribution in [2.75, 3.05) is 18.9 Å². The van der Waals surface area contributed by atoms with Crippen LogP contribution >= 0.6 is 11.6 Å². The number of halogens is 1. The van der Waals surface area contributed by atoms with Crippen LogP contribution in [0.1, 0.15) is 10.4 Å². The van der Waals surface area contributed by atoms with Crippen LogP contribution in [0.25, 0.3) is 0 Å². The molecule has 0 aliphatic heterocycles. The maximum Gasteiger partial charge on any atom is 0.253 e. The molecule has 0 saturated carbocycles. The number of amides is 1. The monoisotopic (exact) mass is 244 g/mol. The molecule has 88 valence electrons. The summed E-state index contributed by atoms with van der Waals surface area (Å²) in [7, 11) is 0. The average molecular weight is 245 g/mol. The topological polar surface area (TPSA) is 95.6 Å². The fourth-order valence-electron chi connectivity index (χ4n) is 1.11. The van der Waals surface area contributed by atoms with E-state index in [4.69, 9.17) is 27.5 Å². The molecular formula is C10H13ClN2O3. The molecule has 0 aliphatic rings. The van der Waals surface area contributed by atoms with Gasteiger partial charge in [-0.3, -0.25) is 4.79 Å². The molecule has 0 bridgehead atoms. The molecule has 5 N–H and O–H groups in total. The summed E-state index contributed by atoms with van der Waals surface area (Å²) in [4.78, 5) is 11.6. The Bertz CT molecular complexity index is 384. The Labute approximate surface area is 97.8 Å². The van der Waals surface area contributed by atoms with Crippen LogP contribution in [-0.4, -0.2) is 35.4 Å². The Balaban J connectivity index is 2.70. The maximum atomic E-state index is 11.6. The first-order valence-corrected chi connectivity index (χ1v) is 5.05. The first-order chi connectivity index (χ1) is 7.56. The molecule has 1 rings (SSSR count). The van der Waals surface area contributed by atoms with Gasteiger partial charge in [0.15, 0.2) is 0 Å². The van der Waals surface area contributed by atoms with Gasteiger partial charge < -0.3 is 21.3 Å². The number of benzene rings is 1. The summed E-state index contributed by atoms with van der Waals surface area (Å²) in [5, 5.41) is 20.4. The Kier molecular flexibility index (Phi) is 4.54. The van der Waals surface area contributed by atoms with Crippen molar-refractivity contribution >= 4 is 23.2 Å². The van der Waals surface area contributed by atoms with Crippen molar-refractivity contribution in [3.05, 3.63) is 28.8 Å². The summed E-state index contributed by atoms with van der Waals surface area (Å²) in [5.41, 5.74) is 6.06. The highest BCUT2D eigenvalue weighted by Crippen LogP contribution is 2.21. The third-order valence-electron chi connectivity index (χ3n) is 2.01. The van der Waals surface area contributed by atoms with E-state index in [-0.39, 0.29) is 17.8 Å². The quantitative estimate of drug-likeness (QED) is 0.561. The van der Waals surface area contributed by atoms with Gasteiger partial charge in [0.25, 0.3) is 5.91 Å². The van der Waals surface area contributed by atoms with Crippen LogP contribution in [0.3, 0.4) is 0 Å². The van der Waals surface area contributed by atoms with E-state index in [1.54, 1.807) is 12.1 Å². The van der Waals surface area contributed by atoms with E-state index < -0.39 is 18.6 Å². The zero-order valence-electron chi connectivity index (χ0n) is 8.48. The van der Waals surface area contributed by atoms with Gasteiger partial charge >= 0.3 is 0 Å². The summed E-state index contributed by atoms with van der Waals surface area (Å²) < 4.78 is 0. The van der Waals surface area contributed by atoms with Crippen LogP contribution in [0.5, 0.6) is 0 Å². The van der Waals surface area contributed by atoms with Gasteiger partial charge in [0.05, 0.1) is 29.0 Å². The zero-order valence-corrected chi connectivity index (χ0v) is 9.24. The highest BCUT2D eigenvalue weighted by atomic mass is 35.5. The number of nitrogens with one attached hydrogen (secondary N) is 1. The van der Waals surface area contributed by atoms with E-state index in [2.05, 4.69) is 5.32 Å². The SMILES string of the molecule is Nc1c(Cl)cccc1C(=O)NCC(O)CO. The Hall–Kier alpha value is -1.30. The lowest BCUT2D eigenvalue weighted by Gasteiger charge is -2.10. The lowest BCUT2D eigenvalue weighted by atomic mass is 10.1. The zero-order chi connectivity index (χ0) is 12.1. The minimum atomic E-state index is -0.982. The van der Waals surface area contributed by atoms with Crippen LogP contribution in [0.2, 0.25) is 5.02 Å². The largest absolute Gasteiger partial charge is 0.397 e. The molecule has 0 heterocycles. The highest BCUT2D eigenvalue weighted by Gasteiger charge is 2.12. The van der Waals surface area contributed by atoms with E-state index in [1.165, 1.54) is 6.07 Å². The maximum absolute atomic E-state index is 11.6. The van der Waals surface area contributed by atoms with Gasteiger partial charge in [0, 0.05) is 6.54 Å². The summed E-state index contributed by atoms with van der Waals surface area (Å²) in [5.74, 6) is -0.437. The van der Waals surface area contributed by atoms with Crippen molar-refractivity contribution in [1.29, 1.82) is 0 Å². The molecule has 0 aliphatic carbocycles. The molecule has 1 unspecified atom stereocenters. The van der Waals surface area contributed by atoms with Crippen LogP contribution < -0.4 is 11.1 Å². The Morgan fingerprint density at radius 1 is 1.56 bits per heavy atom. The van der Waals surface area contributed by atoms with E-state index in [9.17, 15) is 4.79 Å². The standard InChI is InChI=1S/C10H13ClN2O3/c11-8-3-1-2-7(9(8)12)10(16)13-4-6(15)5-14/h1-3,6,14-15H,4-5,12H2,(H,13,16). The number of hydrogen-bond donors (Lipinski definition) is 4. The van der Waals surface area contributed by atoms with E-state index in [1.807, 2.05) is 0 Å². The summed E-state index contributed by atoms with van der Waals surface area (Å²) in [6, 6.07) is 4.72. The number of aliphatic hydroxyl groups excluding tert-OH is 2. The van der Waals surface area contributed by atoms with Crippen molar-refractivity contribution in [3.63, 3.8) is 0 Å². The van der Waals surface area contributed by atoms with Crippen molar-refractivity contribution in [3.8, 4) is 0 Å². The summed E-state index contributed by atoms with van der Waals surface area (Å²) in [6.45, 7) is -0.452.